The topological polar surface area (TPSA) is 63.6 Å². The Balaban J connectivity index is 3.05. The van der Waals surface area contributed by atoms with Crippen LogP contribution in [0.4, 0.5) is 0 Å². The van der Waals surface area contributed by atoms with E-state index < -0.39 is 17.1 Å². The molecule has 0 spiro atoms. The van der Waals surface area contributed by atoms with Crippen molar-refractivity contribution in [3.8, 4) is 5.75 Å². The van der Waals surface area contributed by atoms with Crippen LogP contribution in [0.2, 0.25) is 0 Å². The molecule has 0 aliphatic carbocycles. The third-order valence-corrected chi connectivity index (χ3v) is 2.29. The molecule has 80 valence electrons. The minimum atomic E-state index is -1.55. The maximum atomic E-state index is 11.1. The first kappa shape index (κ1) is 11.5. The van der Waals surface area contributed by atoms with Gasteiger partial charge in [-0.2, -0.15) is 0 Å². The van der Waals surface area contributed by atoms with Gasteiger partial charge in [-0.1, -0.05) is 18.2 Å². The van der Waals surface area contributed by atoms with Gasteiger partial charge in [-0.05, 0) is 6.07 Å². The van der Waals surface area contributed by atoms with Crippen LogP contribution in [0.25, 0.3) is 0 Å². The third-order valence-electron chi connectivity index (χ3n) is 1.85. The first-order chi connectivity index (χ1) is 7.07. The lowest BCUT2D eigenvalue weighted by molar-refractivity contribution is -0.148. The maximum absolute atomic E-state index is 11.1. The summed E-state index contributed by atoms with van der Waals surface area (Å²) in [5.74, 6) is -2.23. The number of rotatable bonds is 4. The minimum Gasteiger partial charge on any atom is -0.496 e. The number of Topliss-reactive ketones (excluding diaryl/α,β-unsaturated/α-hetero) is 1. The van der Waals surface area contributed by atoms with Crippen molar-refractivity contribution in [2.45, 2.75) is 5.38 Å². The summed E-state index contributed by atoms with van der Waals surface area (Å²) in [6.07, 6.45) is 0. The van der Waals surface area contributed by atoms with E-state index in [4.69, 9.17) is 21.4 Å². The second-order valence-electron chi connectivity index (χ2n) is 2.77. The fourth-order valence-electron chi connectivity index (χ4n) is 1.13. The Morgan fingerprint density at radius 1 is 1.40 bits per heavy atom. The molecular formula is C10H9ClO4. The van der Waals surface area contributed by atoms with E-state index >= 15 is 0 Å². The van der Waals surface area contributed by atoms with E-state index in [0.717, 1.165) is 0 Å². The van der Waals surface area contributed by atoms with Gasteiger partial charge in [0.15, 0.2) is 0 Å². The SMILES string of the molecule is COc1ccccc1C(Cl)C(=O)C(=O)O. The number of ketones is 1. The Hall–Kier alpha value is -1.55. The molecule has 4 nitrogen and oxygen atoms in total. The van der Waals surface area contributed by atoms with E-state index in [0.29, 0.717) is 11.3 Å². The van der Waals surface area contributed by atoms with Crippen LogP contribution in [0.3, 0.4) is 0 Å². The summed E-state index contributed by atoms with van der Waals surface area (Å²) in [7, 11) is 1.42. The monoisotopic (exact) mass is 228 g/mol. The summed E-state index contributed by atoms with van der Waals surface area (Å²) >= 11 is 5.73. The highest BCUT2D eigenvalue weighted by Crippen LogP contribution is 2.29. The number of halogens is 1. The van der Waals surface area contributed by atoms with E-state index in [9.17, 15) is 9.59 Å². The Kier molecular flexibility index (Phi) is 3.68. The quantitative estimate of drug-likeness (QED) is 0.628. The molecule has 0 saturated heterocycles. The highest BCUT2D eigenvalue weighted by atomic mass is 35.5. The van der Waals surface area contributed by atoms with Crippen molar-refractivity contribution < 1.29 is 19.4 Å². The number of alkyl halides is 1. The molecule has 0 radical (unpaired) electrons. The zero-order chi connectivity index (χ0) is 11.4. The molecule has 0 saturated carbocycles. The van der Waals surface area contributed by atoms with Gasteiger partial charge in [-0.15, -0.1) is 11.6 Å². The summed E-state index contributed by atoms with van der Waals surface area (Å²) in [4.78, 5) is 21.6. The molecule has 0 aromatic heterocycles. The van der Waals surface area contributed by atoms with E-state index in [1.54, 1.807) is 24.3 Å². The average molecular weight is 229 g/mol. The van der Waals surface area contributed by atoms with Crippen LogP contribution >= 0.6 is 11.6 Å². The smallest absolute Gasteiger partial charge is 0.374 e. The van der Waals surface area contributed by atoms with Crippen molar-refractivity contribution >= 4 is 23.4 Å². The van der Waals surface area contributed by atoms with Gasteiger partial charge in [0.1, 0.15) is 11.1 Å². The molecule has 1 aromatic rings. The summed E-state index contributed by atoms with van der Waals surface area (Å²) in [5.41, 5.74) is 0.356. The van der Waals surface area contributed by atoms with Crippen LogP contribution in [0.5, 0.6) is 5.75 Å². The molecular weight excluding hydrogens is 220 g/mol. The molecule has 0 heterocycles. The molecule has 0 amide bonds. The average Bonchev–Trinajstić information content (AvgIpc) is 2.26. The van der Waals surface area contributed by atoms with Crippen molar-refractivity contribution in [1.29, 1.82) is 0 Å². The van der Waals surface area contributed by atoms with Crippen LogP contribution in [0.1, 0.15) is 10.9 Å². The van der Waals surface area contributed by atoms with E-state index in [2.05, 4.69) is 0 Å². The van der Waals surface area contributed by atoms with Gasteiger partial charge in [-0.25, -0.2) is 4.79 Å². The summed E-state index contributed by atoms with van der Waals surface area (Å²) in [5, 5.41) is 7.28. The predicted molar refractivity (Wildman–Crippen MR) is 54.2 cm³/mol. The molecule has 15 heavy (non-hydrogen) atoms. The minimum absolute atomic E-state index is 0.356. The van der Waals surface area contributed by atoms with Gasteiger partial charge in [0.2, 0.25) is 0 Å². The fourth-order valence-corrected chi connectivity index (χ4v) is 1.40. The maximum Gasteiger partial charge on any atom is 0.374 e. The largest absolute Gasteiger partial charge is 0.496 e. The number of hydrogen-bond donors (Lipinski definition) is 1. The molecule has 0 fully saturated rings. The molecule has 1 atom stereocenters. The van der Waals surface area contributed by atoms with Gasteiger partial charge < -0.3 is 9.84 Å². The second kappa shape index (κ2) is 4.79. The van der Waals surface area contributed by atoms with Crippen molar-refractivity contribution in [2.24, 2.45) is 0 Å². The van der Waals surface area contributed by atoms with E-state index in [1.165, 1.54) is 7.11 Å². The highest BCUT2D eigenvalue weighted by Gasteiger charge is 2.26. The number of ether oxygens (including phenoxy) is 1. The number of carbonyl (C=O) groups is 2. The number of carbonyl (C=O) groups excluding carboxylic acids is 1. The summed E-state index contributed by atoms with van der Waals surface area (Å²) < 4.78 is 4.97. The number of benzene rings is 1. The standard InChI is InChI=1S/C10H9ClO4/c1-15-7-5-3-2-4-6(7)8(11)9(12)10(13)14/h2-5,8H,1H3,(H,13,14). The number of carboxylic acid groups (broad SMARTS) is 1. The number of carboxylic acids is 1. The number of methoxy groups -OCH3 is 1. The molecule has 1 N–H and O–H groups in total. The summed E-state index contributed by atoms with van der Waals surface area (Å²) in [6.45, 7) is 0. The first-order valence-electron chi connectivity index (χ1n) is 4.12. The molecule has 0 bridgehead atoms. The summed E-state index contributed by atoms with van der Waals surface area (Å²) in [6, 6.07) is 6.52. The molecule has 0 aliphatic heterocycles. The Labute approximate surface area is 91.4 Å². The zero-order valence-electron chi connectivity index (χ0n) is 7.94. The van der Waals surface area contributed by atoms with Gasteiger partial charge in [0.25, 0.3) is 5.78 Å². The van der Waals surface area contributed by atoms with Crippen molar-refractivity contribution in [1.82, 2.24) is 0 Å². The lowest BCUT2D eigenvalue weighted by Gasteiger charge is -2.10. The van der Waals surface area contributed by atoms with Crippen LogP contribution < -0.4 is 4.74 Å². The van der Waals surface area contributed by atoms with Crippen molar-refractivity contribution in [3.63, 3.8) is 0 Å². The fraction of sp³-hybridized carbons (Fsp3) is 0.200. The number of para-hydroxylation sites is 1. The highest BCUT2D eigenvalue weighted by molar-refractivity contribution is 6.47. The van der Waals surface area contributed by atoms with Gasteiger partial charge in [0.05, 0.1) is 7.11 Å². The molecule has 1 unspecified atom stereocenters. The first-order valence-corrected chi connectivity index (χ1v) is 4.55. The lowest BCUT2D eigenvalue weighted by atomic mass is 10.1. The van der Waals surface area contributed by atoms with Crippen molar-refractivity contribution in [2.75, 3.05) is 7.11 Å². The second-order valence-corrected chi connectivity index (χ2v) is 3.21. The molecule has 1 aromatic carbocycles. The number of hydrogen-bond acceptors (Lipinski definition) is 3. The normalized spacial score (nSPS) is 11.9. The zero-order valence-corrected chi connectivity index (χ0v) is 8.69. The third kappa shape index (κ3) is 2.47. The molecule has 1 rings (SSSR count). The van der Waals surface area contributed by atoms with Gasteiger partial charge >= 0.3 is 5.97 Å². The van der Waals surface area contributed by atoms with Gasteiger partial charge in [0, 0.05) is 5.56 Å². The van der Waals surface area contributed by atoms with Gasteiger partial charge in [-0.3, -0.25) is 4.79 Å². The predicted octanol–water partition coefficient (Wildman–Crippen LogP) is 1.63. The van der Waals surface area contributed by atoms with E-state index in [1.807, 2.05) is 0 Å². The van der Waals surface area contributed by atoms with Crippen LogP contribution in [0, 0.1) is 0 Å². The Morgan fingerprint density at radius 2 is 2.00 bits per heavy atom. The van der Waals surface area contributed by atoms with E-state index in [-0.39, 0.29) is 0 Å². The Bertz CT molecular complexity index is 389. The van der Waals surface area contributed by atoms with Crippen LogP contribution in [-0.2, 0) is 9.59 Å². The molecule has 0 aliphatic rings. The number of aliphatic carboxylic acids is 1. The Morgan fingerprint density at radius 3 is 2.53 bits per heavy atom. The lowest BCUT2D eigenvalue weighted by Crippen LogP contribution is -2.18. The molecule has 5 heteroatoms. The van der Waals surface area contributed by atoms with Crippen molar-refractivity contribution in [3.05, 3.63) is 29.8 Å². The van der Waals surface area contributed by atoms with Crippen LogP contribution in [0.15, 0.2) is 24.3 Å². The van der Waals surface area contributed by atoms with Crippen LogP contribution in [-0.4, -0.2) is 24.0 Å².